The van der Waals surface area contributed by atoms with Crippen molar-refractivity contribution >= 4 is 27.5 Å². The molecule has 0 radical (unpaired) electrons. The molecule has 0 aliphatic heterocycles. The number of carbonyl (C=O) groups excluding carboxylic acids is 1. The number of benzene rings is 1. The molecule has 4 saturated carbocycles. The van der Waals surface area contributed by atoms with E-state index < -0.39 is 10.0 Å². The second-order valence-corrected chi connectivity index (χ2v) is 12.0. The van der Waals surface area contributed by atoms with Gasteiger partial charge in [-0.25, -0.2) is 8.42 Å². The molecular formula is C23H33ClN2O3S. The first-order valence-corrected chi connectivity index (χ1v) is 13.1. The van der Waals surface area contributed by atoms with Crippen molar-refractivity contribution in [3.8, 4) is 0 Å². The summed E-state index contributed by atoms with van der Waals surface area (Å²) < 4.78 is 27.3. The summed E-state index contributed by atoms with van der Waals surface area (Å²) in [5.41, 5.74) is 0.550. The van der Waals surface area contributed by atoms with Crippen molar-refractivity contribution in [2.24, 2.45) is 23.2 Å². The third-order valence-corrected chi connectivity index (χ3v) is 10.4. The number of nitrogens with one attached hydrogen (secondary N) is 1. The zero-order chi connectivity index (χ0) is 21.7. The van der Waals surface area contributed by atoms with E-state index in [0.29, 0.717) is 18.7 Å². The Morgan fingerprint density at radius 3 is 2.17 bits per heavy atom. The molecule has 4 aliphatic carbocycles. The fourth-order valence-corrected chi connectivity index (χ4v) is 8.64. The van der Waals surface area contributed by atoms with E-state index in [9.17, 15) is 13.2 Å². The summed E-state index contributed by atoms with van der Waals surface area (Å²) in [5, 5.41) is 3.36. The van der Waals surface area contributed by atoms with Crippen molar-refractivity contribution in [1.29, 1.82) is 0 Å². The van der Waals surface area contributed by atoms with E-state index in [0.717, 1.165) is 17.8 Å². The molecule has 7 heteroatoms. The van der Waals surface area contributed by atoms with Crippen LogP contribution in [-0.2, 0) is 10.0 Å². The van der Waals surface area contributed by atoms with Gasteiger partial charge in [-0.05, 0) is 86.8 Å². The lowest BCUT2D eigenvalue weighted by molar-refractivity contribution is -0.0688. The number of halogens is 1. The summed E-state index contributed by atoms with van der Waals surface area (Å²) >= 11 is 6.22. The van der Waals surface area contributed by atoms with E-state index in [4.69, 9.17) is 11.6 Å². The van der Waals surface area contributed by atoms with Gasteiger partial charge in [0.05, 0.1) is 5.02 Å². The lowest BCUT2D eigenvalue weighted by Gasteiger charge is -2.59. The number of amides is 1. The van der Waals surface area contributed by atoms with Gasteiger partial charge in [0.2, 0.25) is 10.0 Å². The minimum atomic E-state index is -3.73. The van der Waals surface area contributed by atoms with Crippen LogP contribution in [0.1, 0.15) is 69.7 Å². The summed E-state index contributed by atoms with van der Waals surface area (Å²) in [6.45, 7) is 6.43. The van der Waals surface area contributed by atoms with Gasteiger partial charge in [0.25, 0.3) is 5.91 Å². The number of sulfonamides is 1. The van der Waals surface area contributed by atoms with Gasteiger partial charge in [0, 0.05) is 24.7 Å². The first kappa shape index (κ1) is 22.1. The highest BCUT2D eigenvalue weighted by atomic mass is 35.5. The van der Waals surface area contributed by atoms with Crippen molar-refractivity contribution in [3.05, 3.63) is 28.8 Å². The Balaban J connectivity index is 1.54. The highest BCUT2D eigenvalue weighted by Crippen LogP contribution is 2.61. The SMILES string of the molecule is CCN(CC)S(=O)(=O)c1cc(C(=O)NC(C)C23CC4CC(CC(C4)C2)C3)ccc1Cl. The predicted octanol–water partition coefficient (Wildman–Crippen LogP) is 4.71. The minimum absolute atomic E-state index is 0.00275. The third-order valence-electron chi connectivity index (χ3n) is 7.87. The van der Waals surface area contributed by atoms with Crippen molar-refractivity contribution in [2.45, 2.75) is 70.2 Å². The molecule has 1 atom stereocenters. The van der Waals surface area contributed by atoms with Gasteiger partial charge in [-0.3, -0.25) is 4.79 Å². The van der Waals surface area contributed by atoms with Crippen molar-refractivity contribution in [1.82, 2.24) is 9.62 Å². The molecule has 4 aliphatic rings. The third kappa shape index (κ3) is 3.80. The Labute approximate surface area is 185 Å². The molecule has 1 aromatic rings. The summed E-state index contributed by atoms with van der Waals surface area (Å²) in [4.78, 5) is 13.1. The van der Waals surface area contributed by atoms with Gasteiger partial charge in [-0.15, -0.1) is 0 Å². The predicted molar refractivity (Wildman–Crippen MR) is 119 cm³/mol. The Morgan fingerprint density at radius 1 is 1.13 bits per heavy atom. The number of hydrogen-bond donors (Lipinski definition) is 1. The molecule has 1 aromatic carbocycles. The lowest BCUT2D eigenvalue weighted by atomic mass is 9.48. The second kappa shape index (κ2) is 8.10. The first-order valence-electron chi connectivity index (χ1n) is 11.3. The zero-order valence-corrected chi connectivity index (χ0v) is 19.7. The molecule has 4 fully saturated rings. The van der Waals surface area contributed by atoms with Gasteiger partial charge in [0.1, 0.15) is 4.90 Å². The van der Waals surface area contributed by atoms with Crippen LogP contribution in [0.5, 0.6) is 0 Å². The van der Waals surface area contributed by atoms with Crippen LogP contribution in [0.3, 0.4) is 0 Å². The number of carbonyl (C=O) groups is 1. The number of hydrogen-bond acceptors (Lipinski definition) is 3. The van der Waals surface area contributed by atoms with Crippen LogP contribution in [0.2, 0.25) is 5.02 Å². The Morgan fingerprint density at radius 2 is 1.67 bits per heavy atom. The minimum Gasteiger partial charge on any atom is -0.349 e. The van der Waals surface area contributed by atoms with Gasteiger partial charge >= 0.3 is 0 Å². The molecule has 166 valence electrons. The fourth-order valence-electron chi connectivity index (χ4n) is 6.69. The molecule has 4 bridgehead atoms. The summed E-state index contributed by atoms with van der Waals surface area (Å²) in [6, 6.07) is 4.64. The molecule has 5 nitrogen and oxygen atoms in total. The number of nitrogens with zero attached hydrogens (tertiary/aromatic N) is 1. The van der Waals surface area contributed by atoms with Crippen molar-refractivity contribution < 1.29 is 13.2 Å². The van der Waals surface area contributed by atoms with Gasteiger partial charge < -0.3 is 5.32 Å². The van der Waals surface area contributed by atoms with Gasteiger partial charge in [-0.2, -0.15) is 4.31 Å². The summed E-state index contributed by atoms with van der Waals surface area (Å²) in [5.74, 6) is 2.23. The highest BCUT2D eigenvalue weighted by molar-refractivity contribution is 7.89. The normalized spacial score (nSPS) is 31.2. The topological polar surface area (TPSA) is 66.5 Å². The van der Waals surface area contributed by atoms with Gasteiger partial charge in [0.15, 0.2) is 0 Å². The van der Waals surface area contributed by atoms with Crippen LogP contribution in [-0.4, -0.2) is 37.8 Å². The maximum Gasteiger partial charge on any atom is 0.251 e. The average molecular weight is 453 g/mol. The zero-order valence-electron chi connectivity index (χ0n) is 18.2. The van der Waals surface area contributed by atoms with E-state index in [-0.39, 0.29) is 27.3 Å². The van der Waals surface area contributed by atoms with Crippen molar-refractivity contribution in [2.75, 3.05) is 13.1 Å². The Hall–Kier alpha value is -1.11. The monoisotopic (exact) mass is 452 g/mol. The van der Waals surface area contributed by atoms with Crippen molar-refractivity contribution in [3.63, 3.8) is 0 Å². The molecule has 0 heterocycles. The molecule has 5 rings (SSSR count). The summed E-state index contributed by atoms with van der Waals surface area (Å²) in [6.07, 6.45) is 7.73. The van der Waals surface area contributed by atoms with E-state index in [1.807, 2.05) is 0 Å². The largest absolute Gasteiger partial charge is 0.349 e. The van der Waals surface area contributed by atoms with Gasteiger partial charge in [-0.1, -0.05) is 25.4 Å². The average Bonchev–Trinajstić information content (AvgIpc) is 2.67. The van der Waals surface area contributed by atoms with Crippen LogP contribution in [0, 0.1) is 23.2 Å². The molecule has 30 heavy (non-hydrogen) atoms. The molecule has 1 unspecified atom stereocenters. The number of rotatable bonds is 7. The molecule has 0 spiro atoms. The Kier molecular flexibility index (Phi) is 5.97. The standard InChI is InChI=1S/C23H33ClN2O3S/c1-4-26(5-2)30(28,29)21-11-19(6-7-20(21)24)22(27)25-15(3)23-12-16-8-17(13-23)10-18(9-16)14-23/h6-7,11,15-18H,4-5,8-10,12-14H2,1-3H3,(H,25,27). The van der Waals surface area contributed by atoms with E-state index >= 15 is 0 Å². The fraction of sp³-hybridized carbons (Fsp3) is 0.696. The van der Waals surface area contributed by atoms with Crippen LogP contribution >= 0.6 is 11.6 Å². The lowest BCUT2D eigenvalue weighted by Crippen LogP contribution is -2.55. The molecule has 0 saturated heterocycles. The highest BCUT2D eigenvalue weighted by Gasteiger charge is 2.53. The molecular weight excluding hydrogens is 420 g/mol. The smallest absolute Gasteiger partial charge is 0.251 e. The molecule has 1 N–H and O–H groups in total. The summed E-state index contributed by atoms with van der Waals surface area (Å²) in [7, 11) is -3.73. The molecule has 1 amide bonds. The van der Waals surface area contributed by atoms with E-state index in [2.05, 4.69) is 12.2 Å². The second-order valence-electron chi connectivity index (χ2n) is 9.71. The van der Waals surface area contributed by atoms with Crippen LogP contribution in [0.15, 0.2) is 23.1 Å². The maximum atomic E-state index is 13.1. The Bertz CT molecular complexity index is 891. The maximum absolute atomic E-state index is 13.1. The first-order chi connectivity index (χ1) is 14.2. The molecule has 0 aromatic heterocycles. The van der Waals surface area contributed by atoms with E-state index in [1.165, 1.54) is 55.0 Å². The van der Waals surface area contributed by atoms with Crippen LogP contribution in [0.25, 0.3) is 0 Å². The van der Waals surface area contributed by atoms with Crippen LogP contribution in [0.4, 0.5) is 0 Å². The van der Waals surface area contributed by atoms with Crippen LogP contribution < -0.4 is 5.32 Å². The quantitative estimate of drug-likeness (QED) is 0.651. The van der Waals surface area contributed by atoms with E-state index in [1.54, 1.807) is 19.9 Å².